The molecule has 5 nitrogen and oxygen atoms in total. The summed E-state index contributed by atoms with van der Waals surface area (Å²) in [5.74, 6) is 0.660. The number of nitrogens with zero attached hydrogens (tertiary/aromatic N) is 2. The minimum atomic E-state index is 0.105. The van der Waals surface area contributed by atoms with Gasteiger partial charge in [-0.15, -0.1) is 0 Å². The van der Waals surface area contributed by atoms with Crippen molar-refractivity contribution in [3.63, 3.8) is 0 Å². The molecule has 2 heterocycles. The van der Waals surface area contributed by atoms with E-state index in [1.54, 1.807) is 0 Å². The summed E-state index contributed by atoms with van der Waals surface area (Å²) in [5.41, 5.74) is 7.82. The van der Waals surface area contributed by atoms with Crippen molar-refractivity contribution in [3.8, 4) is 0 Å². The summed E-state index contributed by atoms with van der Waals surface area (Å²) in [6.45, 7) is 4.01. The number of hydrogen-bond donors (Lipinski definition) is 2. The van der Waals surface area contributed by atoms with Gasteiger partial charge in [0.2, 0.25) is 5.95 Å². The molecule has 1 aromatic heterocycles. The standard InChI is InChI=1S/C10H16N4O/c1-7(11)4-12-10-13-5-8-6-15-3-2-9(8)14-10/h5,7H,2-4,6,11H2,1H3,(H,12,13,14). The van der Waals surface area contributed by atoms with Crippen molar-refractivity contribution in [3.05, 3.63) is 17.5 Å². The second kappa shape index (κ2) is 4.55. The molecule has 1 atom stereocenters. The second-order valence-corrected chi connectivity index (χ2v) is 3.83. The molecular weight excluding hydrogens is 192 g/mol. The lowest BCUT2D eigenvalue weighted by atomic mass is 10.1. The largest absolute Gasteiger partial charge is 0.376 e. The zero-order chi connectivity index (χ0) is 10.7. The lowest BCUT2D eigenvalue weighted by molar-refractivity contribution is 0.109. The van der Waals surface area contributed by atoms with Crippen LogP contribution in [0.4, 0.5) is 5.95 Å². The first-order valence-electron chi connectivity index (χ1n) is 5.17. The van der Waals surface area contributed by atoms with Crippen LogP contribution in [-0.4, -0.2) is 29.2 Å². The first kappa shape index (κ1) is 10.3. The quantitative estimate of drug-likeness (QED) is 0.747. The van der Waals surface area contributed by atoms with E-state index in [1.165, 1.54) is 0 Å². The molecule has 0 saturated carbocycles. The van der Waals surface area contributed by atoms with E-state index in [4.69, 9.17) is 10.5 Å². The van der Waals surface area contributed by atoms with Gasteiger partial charge >= 0.3 is 0 Å². The van der Waals surface area contributed by atoms with Crippen LogP contribution in [0.15, 0.2) is 6.20 Å². The summed E-state index contributed by atoms with van der Waals surface area (Å²) in [6.07, 6.45) is 2.69. The number of aromatic nitrogens is 2. The number of fused-ring (bicyclic) bond motifs is 1. The molecule has 0 spiro atoms. The Kier molecular flexibility index (Phi) is 3.13. The first-order valence-corrected chi connectivity index (χ1v) is 5.17. The maximum atomic E-state index is 5.64. The fraction of sp³-hybridized carbons (Fsp3) is 0.600. The topological polar surface area (TPSA) is 73.1 Å². The highest BCUT2D eigenvalue weighted by Crippen LogP contribution is 2.14. The zero-order valence-electron chi connectivity index (χ0n) is 8.86. The average molecular weight is 208 g/mol. The van der Waals surface area contributed by atoms with E-state index >= 15 is 0 Å². The molecule has 5 heteroatoms. The fourth-order valence-corrected chi connectivity index (χ4v) is 1.47. The molecule has 0 radical (unpaired) electrons. The van der Waals surface area contributed by atoms with Gasteiger partial charge in [-0.1, -0.05) is 0 Å². The Labute approximate surface area is 89.1 Å². The number of rotatable bonds is 3. The van der Waals surface area contributed by atoms with Crippen LogP contribution in [0.5, 0.6) is 0 Å². The molecule has 15 heavy (non-hydrogen) atoms. The first-order chi connectivity index (χ1) is 7.25. The third-order valence-electron chi connectivity index (χ3n) is 2.28. The van der Waals surface area contributed by atoms with Crippen LogP contribution >= 0.6 is 0 Å². The maximum absolute atomic E-state index is 5.64. The summed E-state index contributed by atoms with van der Waals surface area (Å²) >= 11 is 0. The van der Waals surface area contributed by atoms with Crippen LogP contribution < -0.4 is 11.1 Å². The molecule has 3 N–H and O–H groups in total. The van der Waals surface area contributed by atoms with Gasteiger partial charge in [-0.05, 0) is 6.92 Å². The van der Waals surface area contributed by atoms with Crippen molar-refractivity contribution in [2.75, 3.05) is 18.5 Å². The van der Waals surface area contributed by atoms with Crippen molar-refractivity contribution in [1.29, 1.82) is 0 Å². The molecular formula is C10H16N4O. The second-order valence-electron chi connectivity index (χ2n) is 3.83. The van der Waals surface area contributed by atoms with Gasteiger partial charge in [-0.3, -0.25) is 0 Å². The maximum Gasteiger partial charge on any atom is 0.222 e. The minimum absolute atomic E-state index is 0.105. The molecule has 0 aromatic carbocycles. The zero-order valence-corrected chi connectivity index (χ0v) is 8.86. The average Bonchev–Trinajstić information content (AvgIpc) is 2.26. The molecule has 82 valence electrons. The highest BCUT2D eigenvalue weighted by molar-refractivity contribution is 5.30. The van der Waals surface area contributed by atoms with E-state index in [0.717, 1.165) is 24.3 Å². The third kappa shape index (κ3) is 2.64. The van der Waals surface area contributed by atoms with Gasteiger partial charge in [0.25, 0.3) is 0 Å². The fourth-order valence-electron chi connectivity index (χ4n) is 1.47. The van der Waals surface area contributed by atoms with E-state index in [2.05, 4.69) is 15.3 Å². The van der Waals surface area contributed by atoms with Gasteiger partial charge in [0.1, 0.15) is 0 Å². The smallest absolute Gasteiger partial charge is 0.222 e. The molecule has 0 saturated heterocycles. The molecule has 1 aliphatic heterocycles. The van der Waals surface area contributed by atoms with Crippen LogP contribution in [0.1, 0.15) is 18.2 Å². The van der Waals surface area contributed by atoms with Gasteiger partial charge in [0.15, 0.2) is 0 Å². The lowest BCUT2D eigenvalue weighted by Crippen LogP contribution is -2.26. The molecule has 1 aliphatic rings. The molecule has 0 aliphatic carbocycles. The summed E-state index contributed by atoms with van der Waals surface area (Å²) in [4.78, 5) is 8.63. The molecule has 1 unspecified atom stereocenters. The molecule has 2 rings (SSSR count). The number of ether oxygens (including phenoxy) is 1. The SMILES string of the molecule is CC(N)CNc1ncc2c(n1)CCOC2. The summed E-state index contributed by atoms with van der Waals surface area (Å²) in [5, 5.41) is 3.11. The molecule has 0 fully saturated rings. The Balaban J connectivity index is 2.07. The minimum Gasteiger partial charge on any atom is -0.376 e. The van der Waals surface area contributed by atoms with Crippen molar-refractivity contribution < 1.29 is 4.74 Å². The van der Waals surface area contributed by atoms with E-state index in [1.807, 2.05) is 13.1 Å². The van der Waals surface area contributed by atoms with Crippen LogP contribution in [0, 0.1) is 0 Å². The molecule has 0 amide bonds. The Morgan fingerprint density at radius 2 is 2.53 bits per heavy atom. The van der Waals surface area contributed by atoms with Gasteiger partial charge in [-0.25, -0.2) is 9.97 Å². The Bertz CT molecular complexity index is 340. The normalized spacial score (nSPS) is 16.9. The monoisotopic (exact) mass is 208 g/mol. The van der Waals surface area contributed by atoms with Crippen molar-refractivity contribution in [1.82, 2.24) is 9.97 Å². The summed E-state index contributed by atoms with van der Waals surface area (Å²) in [7, 11) is 0. The predicted octanol–water partition coefficient (Wildman–Crippen LogP) is 0.308. The van der Waals surface area contributed by atoms with Gasteiger partial charge in [0, 0.05) is 30.8 Å². The number of anilines is 1. The highest BCUT2D eigenvalue weighted by atomic mass is 16.5. The molecule has 1 aromatic rings. The Morgan fingerprint density at radius 1 is 1.67 bits per heavy atom. The van der Waals surface area contributed by atoms with Gasteiger partial charge in [-0.2, -0.15) is 0 Å². The van der Waals surface area contributed by atoms with Crippen LogP contribution in [0.25, 0.3) is 0 Å². The number of nitrogens with two attached hydrogens (primary N) is 1. The van der Waals surface area contributed by atoms with Crippen LogP contribution in [0.3, 0.4) is 0 Å². The predicted molar refractivity (Wildman–Crippen MR) is 57.5 cm³/mol. The summed E-state index contributed by atoms with van der Waals surface area (Å²) < 4.78 is 5.31. The third-order valence-corrected chi connectivity index (χ3v) is 2.28. The van der Waals surface area contributed by atoms with E-state index < -0.39 is 0 Å². The highest BCUT2D eigenvalue weighted by Gasteiger charge is 2.12. The van der Waals surface area contributed by atoms with E-state index in [-0.39, 0.29) is 6.04 Å². The summed E-state index contributed by atoms with van der Waals surface area (Å²) in [6, 6.07) is 0.105. The van der Waals surface area contributed by atoms with Crippen LogP contribution in [-0.2, 0) is 17.8 Å². The van der Waals surface area contributed by atoms with Crippen LogP contribution in [0.2, 0.25) is 0 Å². The lowest BCUT2D eigenvalue weighted by Gasteiger charge is -2.16. The Morgan fingerprint density at radius 3 is 3.33 bits per heavy atom. The number of hydrogen-bond acceptors (Lipinski definition) is 5. The van der Waals surface area contributed by atoms with Crippen molar-refractivity contribution >= 4 is 5.95 Å². The van der Waals surface area contributed by atoms with Gasteiger partial charge in [0.05, 0.1) is 18.9 Å². The molecule has 0 bridgehead atoms. The van der Waals surface area contributed by atoms with Crippen molar-refractivity contribution in [2.45, 2.75) is 26.0 Å². The van der Waals surface area contributed by atoms with Gasteiger partial charge < -0.3 is 15.8 Å². The van der Waals surface area contributed by atoms with E-state index in [9.17, 15) is 0 Å². The number of nitrogens with one attached hydrogen (secondary N) is 1. The van der Waals surface area contributed by atoms with E-state index in [0.29, 0.717) is 19.1 Å². The Hall–Kier alpha value is -1.20. The van der Waals surface area contributed by atoms with Crippen molar-refractivity contribution in [2.24, 2.45) is 5.73 Å².